The highest BCUT2D eigenvalue weighted by Crippen LogP contribution is 2.02. The molecule has 0 atom stereocenters. The minimum absolute atomic E-state index is 0.587. The van der Waals surface area contributed by atoms with Crippen molar-refractivity contribution in [2.45, 2.75) is 33.2 Å². The quantitative estimate of drug-likeness (QED) is 0.682. The van der Waals surface area contributed by atoms with Crippen molar-refractivity contribution in [3.8, 4) is 0 Å². The first-order valence-electron chi connectivity index (χ1n) is 4.31. The van der Waals surface area contributed by atoms with Gasteiger partial charge in [0.1, 0.15) is 0 Å². The second-order valence-corrected chi connectivity index (χ2v) is 2.95. The molecule has 0 fully saturated rings. The summed E-state index contributed by atoms with van der Waals surface area (Å²) in [6, 6.07) is 0. The molecule has 0 aliphatic heterocycles. The Hall–Kier alpha value is -1.12. The van der Waals surface area contributed by atoms with Gasteiger partial charge < -0.3 is 9.98 Å². The highest BCUT2D eigenvalue weighted by atomic mass is 15.0. The normalized spacial score (nSPS) is 10.2. The standard InChI is InChI=1S/C9H15N3/c1-3-4-5-12-7-11-6-9(12)8(2)10/h6-7,10H,3-5H2,1-2H3. The SMILES string of the molecule is CCCCn1cncc1C(C)=N. The van der Waals surface area contributed by atoms with Crippen LogP contribution in [0.25, 0.3) is 0 Å². The average Bonchev–Trinajstić information content (AvgIpc) is 2.48. The maximum Gasteiger partial charge on any atom is 0.0951 e. The number of rotatable bonds is 4. The van der Waals surface area contributed by atoms with E-state index < -0.39 is 0 Å². The minimum atomic E-state index is 0.587. The number of nitrogens with one attached hydrogen (secondary N) is 1. The first kappa shape index (κ1) is 8.97. The zero-order chi connectivity index (χ0) is 8.97. The number of aryl methyl sites for hydroxylation is 1. The summed E-state index contributed by atoms with van der Waals surface area (Å²) in [5.41, 5.74) is 1.52. The molecule has 0 aliphatic carbocycles. The minimum Gasteiger partial charge on any atom is -0.330 e. The van der Waals surface area contributed by atoms with E-state index in [1.807, 2.05) is 4.57 Å². The molecule has 1 aromatic rings. The second kappa shape index (κ2) is 4.04. The summed E-state index contributed by atoms with van der Waals surface area (Å²) < 4.78 is 2.03. The van der Waals surface area contributed by atoms with Crippen LogP contribution in [-0.4, -0.2) is 15.3 Å². The third-order valence-corrected chi connectivity index (χ3v) is 1.85. The van der Waals surface area contributed by atoms with E-state index in [1.54, 1.807) is 19.4 Å². The highest BCUT2D eigenvalue weighted by molar-refractivity contribution is 5.94. The lowest BCUT2D eigenvalue weighted by Crippen LogP contribution is -2.05. The fraction of sp³-hybridized carbons (Fsp3) is 0.556. The lowest BCUT2D eigenvalue weighted by Gasteiger charge is -2.04. The Balaban J connectivity index is 2.70. The molecule has 0 saturated heterocycles. The Bertz CT molecular complexity index is 262. The van der Waals surface area contributed by atoms with Crippen molar-refractivity contribution in [1.82, 2.24) is 9.55 Å². The third-order valence-electron chi connectivity index (χ3n) is 1.85. The number of imidazole rings is 1. The van der Waals surface area contributed by atoms with Crippen molar-refractivity contribution in [2.75, 3.05) is 0 Å². The van der Waals surface area contributed by atoms with Crippen molar-refractivity contribution in [3.05, 3.63) is 18.2 Å². The molecule has 0 saturated carbocycles. The Morgan fingerprint density at radius 2 is 2.42 bits per heavy atom. The largest absolute Gasteiger partial charge is 0.330 e. The van der Waals surface area contributed by atoms with E-state index in [0.717, 1.165) is 18.7 Å². The predicted molar refractivity (Wildman–Crippen MR) is 49.6 cm³/mol. The Morgan fingerprint density at radius 1 is 1.67 bits per heavy atom. The number of hydrogen-bond acceptors (Lipinski definition) is 2. The molecule has 3 heteroatoms. The third kappa shape index (κ3) is 1.94. The molecule has 1 rings (SSSR count). The zero-order valence-electron chi connectivity index (χ0n) is 7.67. The zero-order valence-corrected chi connectivity index (χ0v) is 7.67. The summed E-state index contributed by atoms with van der Waals surface area (Å²) in [6.07, 6.45) is 5.87. The maximum absolute atomic E-state index is 7.47. The van der Waals surface area contributed by atoms with E-state index in [2.05, 4.69) is 11.9 Å². The summed E-state index contributed by atoms with van der Waals surface area (Å²) in [5.74, 6) is 0. The smallest absolute Gasteiger partial charge is 0.0951 e. The topological polar surface area (TPSA) is 41.7 Å². The van der Waals surface area contributed by atoms with Crippen LogP contribution in [0.5, 0.6) is 0 Å². The fourth-order valence-corrected chi connectivity index (χ4v) is 1.14. The van der Waals surface area contributed by atoms with Crippen LogP contribution in [0.2, 0.25) is 0 Å². The van der Waals surface area contributed by atoms with Gasteiger partial charge >= 0.3 is 0 Å². The van der Waals surface area contributed by atoms with Crippen LogP contribution < -0.4 is 0 Å². The summed E-state index contributed by atoms with van der Waals surface area (Å²) >= 11 is 0. The fourth-order valence-electron chi connectivity index (χ4n) is 1.14. The molecular weight excluding hydrogens is 150 g/mol. The van der Waals surface area contributed by atoms with Gasteiger partial charge in [-0.1, -0.05) is 13.3 Å². The van der Waals surface area contributed by atoms with E-state index in [0.29, 0.717) is 5.71 Å². The first-order chi connectivity index (χ1) is 5.75. The van der Waals surface area contributed by atoms with Gasteiger partial charge in [0, 0.05) is 6.54 Å². The van der Waals surface area contributed by atoms with E-state index in [4.69, 9.17) is 5.41 Å². The van der Waals surface area contributed by atoms with Crippen LogP contribution in [0.4, 0.5) is 0 Å². The number of hydrogen-bond donors (Lipinski definition) is 1. The Labute approximate surface area is 72.9 Å². The van der Waals surface area contributed by atoms with Crippen LogP contribution >= 0.6 is 0 Å². The van der Waals surface area contributed by atoms with Gasteiger partial charge in [-0.15, -0.1) is 0 Å². The number of unbranched alkanes of at least 4 members (excludes halogenated alkanes) is 1. The summed E-state index contributed by atoms with van der Waals surface area (Å²) in [4.78, 5) is 4.02. The molecule has 3 nitrogen and oxygen atoms in total. The lowest BCUT2D eigenvalue weighted by molar-refractivity contribution is 0.627. The summed E-state index contributed by atoms with van der Waals surface area (Å²) in [7, 11) is 0. The van der Waals surface area contributed by atoms with E-state index in [1.165, 1.54) is 6.42 Å². The molecule has 0 aromatic carbocycles. The second-order valence-electron chi connectivity index (χ2n) is 2.95. The maximum atomic E-state index is 7.47. The molecule has 1 heterocycles. The van der Waals surface area contributed by atoms with Crippen LogP contribution in [0.15, 0.2) is 12.5 Å². The molecule has 0 bridgehead atoms. The van der Waals surface area contributed by atoms with Crippen molar-refractivity contribution < 1.29 is 0 Å². The lowest BCUT2D eigenvalue weighted by atomic mass is 10.3. The van der Waals surface area contributed by atoms with Crippen LogP contribution in [0.3, 0.4) is 0 Å². The predicted octanol–water partition coefficient (Wildman–Crippen LogP) is 2.07. The molecule has 0 unspecified atom stereocenters. The molecule has 0 radical (unpaired) electrons. The van der Waals surface area contributed by atoms with Gasteiger partial charge in [0.25, 0.3) is 0 Å². The van der Waals surface area contributed by atoms with Crippen molar-refractivity contribution in [3.63, 3.8) is 0 Å². The number of nitrogens with zero attached hydrogens (tertiary/aromatic N) is 2. The van der Waals surface area contributed by atoms with E-state index >= 15 is 0 Å². The first-order valence-corrected chi connectivity index (χ1v) is 4.31. The molecule has 66 valence electrons. The van der Waals surface area contributed by atoms with Crippen molar-refractivity contribution in [1.29, 1.82) is 5.41 Å². The molecule has 0 amide bonds. The highest BCUT2D eigenvalue weighted by Gasteiger charge is 2.01. The average molecular weight is 165 g/mol. The van der Waals surface area contributed by atoms with Crippen LogP contribution in [0, 0.1) is 5.41 Å². The molecule has 1 aromatic heterocycles. The molecule has 0 aliphatic rings. The van der Waals surface area contributed by atoms with Gasteiger partial charge in [0.15, 0.2) is 0 Å². The Kier molecular flexibility index (Phi) is 3.02. The Morgan fingerprint density at radius 3 is 3.00 bits per heavy atom. The monoisotopic (exact) mass is 165 g/mol. The summed E-state index contributed by atoms with van der Waals surface area (Å²) in [6.45, 7) is 4.93. The van der Waals surface area contributed by atoms with E-state index in [9.17, 15) is 0 Å². The van der Waals surface area contributed by atoms with Gasteiger partial charge in [0.2, 0.25) is 0 Å². The van der Waals surface area contributed by atoms with Crippen molar-refractivity contribution in [2.24, 2.45) is 0 Å². The van der Waals surface area contributed by atoms with Crippen LogP contribution in [-0.2, 0) is 6.54 Å². The summed E-state index contributed by atoms with van der Waals surface area (Å²) in [5, 5.41) is 7.47. The van der Waals surface area contributed by atoms with Crippen LogP contribution in [0.1, 0.15) is 32.4 Å². The number of aromatic nitrogens is 2. The van der Waals surface area contributed by atoms with Gasteiger partial charge in [0.05, 0.1) is 23.9 Å². The van der Waals surface area contributed by atoms with Crippen molar-refractivity contribution >= 4 is 5.71 Å². The van der Waals surface area contributed by atoms with Gasteiger partial charge in [-0.05, 0) is 13.3 Å². The van der Waals surface area contributed by atoms with Gasteiger partial charge in [-0.2, -0.15) is 0 Å². The van der Waals surface area contributed by atoms with Gasteiger partial charge in [-0.3, -0.25) is 0 Å². The molecular formula is C9H15N3. The van der Waals surface area contributed by atoms with Gasteiger partial charge in [-0.25, -0.2) is 4.98 Å². The molecule has 12 heavy (non-hydrogen) atoms. The molecule has 1 N–H and O–H groups in total. The van der Waals surface area contributed by atoms with E-state index in [-0.39, 0.29) is 0 Å². The molecule has 0 spiro atoms.